The number of nitrogens with one attached hydrogen (secondary N) is 2. The number of carbonyl (C=O) groups is 1. The molecule has 0 aliphatic rings. The van der Waals surface area contributed by atoms with Crippen molar-refractivity contribution in [2.45, 2.75) is 4.90 Å². The van der Waals surface area contributed by atoms with Crippen molar-refractivity contribution in [1.82, 2.24) is 4.98 Å². The number of carbonyl (C=O) groups excluding carboxylic acids is 1. The molecule has 0 aliphatic heterocycles. The van der Waals surface area contributed by atoms with Crippen molar-refractivity contribution in [3.05, 3.63) is 58.6 Å². The highest BCUT2D eigenvalue weighted by molar-refractivity contribution is 7.92. The largest absolute Gasteiger partial charge is 0.417 e. The SMILES string of the molecule is NC(=O)c1ccc(NS(=O)(=O)c2ccc3[nH]c(=O)oc3c2)cc1. The van der Waals surface area contributed by atoms with Crippen molar-refractivity contribution < 1.29 is 17.6 Å². The van der Waals surface area contributed by atoms with Gasteiger partial charge in [-0.15, -0.1) is 0 Å². The Balaban J connectivity index is 1.93. The summed E-state index contributed by atoms with van der Waals surface area (Å²) in [5.41, 5.74) is 6.20. The Hall–Kier alpha value is -3.07. The van der Waals surface area contributed by atoms with Gasteiger partial charge >= 0.3 is 5.76 Å². The lowest BCUT2D eigenvalue weighted by atomic mass is 10.2. The number of primary amides is 1. The topological polar surface area (TPSA) is 135 Å². The van der Waals surface area contributed by atoms with Crippen LogP contribution in [0.15, 0.2) is 56.6 Å². The number of anilines is 1. The molecule has 3 aromatic rings. The lowest BCUT2D eigenvalue weighted by molar-refractivity contribution is 0.100. The summed E-state index contributed by atoms with van der Waals surface area (Å²) in [7, 11) is -3.87. The molecule has 4 N–H and O–H groups in total. The average molecular weight is 333 g/mol. The zero-order valence-corrected chi connectivity index (χ0v) is 12.4. The number of nitrogens with two attached hydrogens (primary N) is 1. The summed E-state index contributed by atoms with van der Waals surface area (Å²) in [6.07, 6.45) is 0. The van der Waals surface area contributed by atoms with Gasteiger partial charge in [-0.3, -0.25) is 14.5 Å². The second-order valence-corrected chi connectivity index (χ2v) is 6.40. The van der Waals surface area contributed by atoms with Crippen LogP contribution in [0.25, 0.3) is 11.1 Å². The number of aromatic nitrogens is 1. The van der Waals surface area contributed by atoms with Crippen LogP contribution in [-0.4, -0.2) is 19.3 Å². The molecule has 1 aromatic heterocycles. The van der Waals surface area contributed by atoms with Gasteiger partial charge in [0.1, 0.15) is 0 Å². The molecule has 3 rings (SSSR count). The Bertz CT molecular complexity index is 1050. The van der Waals surface area contributed by atoms with Gasteiger partial charge in [0.2, 0.25) is 5.91 Å². The van der Waals surface area contributed by atoms with E-state index in [1.165, 1.54) is 42.5 Å². The third kappa shape index (κ3) is 2.94. The molecule has 0 spiro atoms. The second-order valence-electron chi connectivity index (χ2n) is 4.72. The maximum atomic E-state index is 12.3. The van der Waals surface area contributed by atoms with Gasteiger partial charge in [-0.2, -0.15) is 0 Å². The number of H-pyrrole nitrogens is 1. The second kappa shape index (κ2) is 5.29. The molecule has 8 nitrogen and oxygen atoms in total. The zero-order chi connectivity index (χ0) is 16.6. The molecule has 1 amide bonds. The molecule has 23 heavy (non-hydrogen) atoms. The highest BCUT2D eigenvalue weighted by Crippen LogP contribution is 2.20. The van der Waals surface area contributed by atoms with Crippen LogP contribution in [0.2, 0.25) is 0 Å². The standard InChI is InChI=1S/C14H11N3O5S/c15-13(18)8-1-3-9(4-2-8)17-23(20,21)10-5-6-11-12(7-10)22-14(19)16-11/h1-7,17H,(H2,15,18)(H,16,19). The lowest BCUT2D eigenvalue weighted by Gasteiger charge is -2.08. The van der Waals surface area contributed by atoms with E-state index in [1.54, 1.807) is 0 Å². The van der Waals surface area contributed by atoms with Gasteiger partial charge in [-0.05, 0) is 36.4 Å². The highest BCUT2D eigenvalue weighted by atomic mass is 32.2. The molecule has 0 atom stereocenters. The molecule has 0 aliphatic carbocycles. The first-order valence-corrected chi connectivity index (χ1v) is 7.89. The number of oxazole rings is 1. The van der Waals surface area contributed by atoms with Crippen molar-refractivity contribution >= 4 is 32.7 Å². The van der Waals surface area contributed by atoms with Crippen LogP contribution in [0.1, 0.15) is 10.4 Å². The van der Waals surface area contributed by atoms with Crippen molar-refractivity contribution in [3.8, 4) is 0 Å². The third-order valence-corrected chi connectivity index (χ3v) is 4.50. The smallest absolute Gasteiger partial charge is 0.408 e. The van der Waals surface area contributed by atoms with Crippen molar-refractivity contribution in [3.63, 3.8) is 0 Å². The fourth-order valence-corrected chi connectivity index (χ4v) is 3.08. The summed E-state index contributed by atoms with van der Waals surface area (Å²) in [6.45, 7) is 0. The summed E-state index contributed by atoms with van der Waals surface area (Å²) < 4.78 is 31.9. The number of aromatic amines is 1. The Kier molecular flexibility index (Phi) is 3.41. The summed E-state index contributed by atoms with van der Waals surface area (Å²) in [6, 6.07) is 9.69. The van der Waals surface area contributed by atoms with Crippen LogP contribution >= 0.6 is 0 Å². The van der Waals surface area contributed by atoms with Crippen LogP contribution in [0.5, 0.6) is 0 Å². The first-order chi connectivity index (χ1) is 10.8. The molecule has 2 aromatic carbocycles. The van der Waals surface area contributed by atoms with Gasteiger partial charge in [0.05, 0.1) is 10.4 Å². The Morgan fingerprint density at radius 3 is 2.48 bits per heavy atom. The van der Waals surface area contributed by atoms with E-state index in [1.807, 2.05) is 0 Å². The first kappa shape index (κ1) is 14.9. The van der Waals surface area contributed by atoms with Crippen LogP contribution < -0.4 is 16.2 Å². The molecule has 118 valence electrons. The van der Waals surface area contributed by atoms with E-state index in [2.05, 4.69) is 9.71 Å². The lowest BCUT2D eigenvalue weighted by Crippen LogP contribution is -2.14. The monoisotopic (exact) mass is 333 g/mol. The van der Waals surface area contributed by atoms with Crippen LogP contribution in [0, 0.1) is 0 Å². The maximum Gasteiger partial charge on any atom is 0.417 e. The molecule has 0 saturated heterocycles. The van der Waals surface area contributed by atoms with E-state index in [-0.39, 0.29) is 21.7 Å². The van der Waals surface area contributed by atoms with E-state index in [4.69, 9.17) is 10.2 Å². The van der Waals surface area contributed by atoms with Crippen molar-refractivity contribution in [2.24, 2.45) is 5.73 Å². The number of sulfonamides is 1. The van der Waals surface area contributed by atoms with Gasteiger partial charge in [-0.1, -0.05) is 0 Å². The quantitative estimate of drug-likeness (QED) is 0.655. The van der Waals surface area contributed by atoms with Crippen LogP contribution in [-0.2, 0) is 10.0 Å². The number of fused-ring (bicyclic) bond motifs is 1. The number of hydrogen-bond donors (Lipinski definition) is 3. The molecule has 0 unspecified atom stereocenters. The van der Waals surface area contributed by atoms with E-state index < -0.39 is 21.7 Å². The minimum absolute atomic E-state index is 0.0632. The Morgan fingerprint density at radius 1 is 1.13 bits per heavy atom. The molecular weight excluding hydrogens is 322 g/mol. The fraction of sp³-hybridized carbons (Fsp3) is 0. The van der Waals surface area contributed by atoms with Gasteiger partial charge in [0, 0.05) is 17.3 Å². The summed E-state index contributed by atoms with van der Waals surface area (Å²) in [5, 5.41) is 0. The molecule has 1 heterocycles. The number of amides is 1. The number of benzene rings is 2. The predicted molar refractivity (Wildman–Crippen MR) is 82.6 cm³/mol. The molecule has 0 fully saturated rings. The van der Waals surface area contributed by atoms with Gasteiger partial charge in [0.25, 0.3) is 10.0 Å². The van der Waals surface area contributed by atoms with E-state index >= 15 is 0 Å². The maximum absolute atomic E-state index is 12.3. The van der Waals surface area contributed by atoms with Crippen LogP contribution in [0.4, 0.5) is 5.69 Å². The first-order valence-electron chi connectivity index (χ1n) is 6.41. The minimum Gasteiger partial charge on any atom is -0.408 e. The minimum atomic E-state index is -3.87. The Labute approximate surface area is 130 Å². The van der Waals surface area contributed by atoms with Crippen molar-refractivity contribution in [1.29, 1.82) is 0 Å². The zero-order valence-electron chi connectivity index (χ0n) is 11.6. The molecule has 0 saturated carbocycles. The highest BCUT2D eigenvalue weighted by Gasteiger charge is 2.16. The van der Waals surface area contributed by atoms with Gasteiger partial charge in [0.15, 0.2) is 5.58 Å². The van der Waals surface area contributed by atoms with E-state index in [0.29, 0.717) is 5.52 Å². The summed E-state index contributed by atoms with van der Waals surface area (Å²) >= 11 is 0. The average Bonchev–Trinajstić information content (AvgIpc) is 2.86. The van der Waals surface area contributed by atoms with E-state index in [9.17, 15) is 18.0 Å². The molecular formula is C14H11N3O5S. The van der Waals surface area contributed by atoms with Crippen molar-refractivity contribution in [2.75, 3.05) is 4.72 Å². The molecule has 0 radical (unpaired) electrons. The predicted octanol–water partition coefficient (Wildman–Crippen LogP) is 1.02. The number of hydrogen-bond acceptors (Lipinski definition) is 5. The molecule has 9 heteroatoms. The van der Waals surface area contributed by atoms with Gasteiger partial charge < -0.3 is 10.2 Å². The summed E-state index contributed by atoms with van der Waals surface area (Å²) in [4.78, 5) is 24.5. The Morgan fingerprint density at radius 2 is 1.83 bits per heavy atom. The summed E-state index contributed by atoms with van der Waals surface area (Å²) in [5.74, 6) is -1.27. The molecule has 0 bridgehead atoms. The third-order valence-electron chi connectivity index (χ3n) is 3.12. The van der Waals surface area contributed by atoms with Gasteiger partial charge in [-0.25, -0.2) is 13.2 Å². The fourth-order valence-electron chi connectivity index (χ4n) is 2.01. The number of rotatable bonds is 4. The van der Waals surface area contributed by atoms with Crippen LogP contribution in [0.3, 0.4) is 0 Å². The normalized spacial score (nSPS) is 11.5. The van der Waals surface area contributed by atoms with E-state index in [0.717, 1.165) is 0 Å².